The maximum absolute atomic E-state index is 13.0. The van der Waals surface area contributed by atoms with Crippen molar-refractivity contribution in [3.63, 3.8) is 0 Å². The summed E-state index contributed by atoms with van der Waals surface area (Å²) >= 11 is 0. The molecule has 31 heavy (non-hydrogen) atoms. The van der Waals surface area contributed by atoms with Gasteiger partial charge in [-0.25, -0.2) is 13.1 Å². The predicted octanol–water partition coefficient (Wildman–Crippen LogP) is 4.29. The average Bonchev–Trinajstić information content (AvgIpc) is 3.15. The van der Waals surface area contributed by atoms with Crippen molar-refractivity contribution >= 4 is 21.6 Å². The summed E-state index contributed by atoms with van der Waals surface area (Å²) < 4.78 is 28.3. The van der Waals surface area contributed by atoms with E-state index in [2.05, 4.69) is 4.72 Å². The SMILES string of the molecule is Cc1ccc(C(=O)N2CCc3ccc(CNS(=O)(=O)c4ccc(C)cc4C)cc32)cc1. The van der Waals surface area contributed by atoms with Crippen molar-refractivity contribution in [2.45, 2.75) is 38.6 Å². The highest BCUT2D eigenvalue weighted by atomic mass is 32.2. The molecule has 1 amide bonds. The molecule has 3 aromatic carbocycles. The van der Waals surface area contributed by atoms with Crippen molar-refractivity contribution in [3.8, 4) is 0 Å². The molecule has 160 valence electrons. The Morgan fingerprint density at radius 3 is 2.35 bits per heavy atom. The molecule has 0 fully saturated rings. The molecule has 1 aliphatic heterocycles. The van der Waals surface area contributed by atoms with Crippen LogP contribution in [0.5, 0.6) is 0 Å². The first kappa shape index (κ1) is 21.3. The first-order chi connectivity index (χ1) is 14.7. The van der Waals surface area contributed by atoms with Gasteiger partial charge < -0.3 is 4.90 Å². The van der Waals surface area contributed by atoms with Gasteiger partial charge in [0.05, 0.1) is 4.90 Å². The fraction of sp³-hybridized carbons (Fsp3) is 0.240. The minimum absolute atomic E-state index is 0.0354. The molecule has 0 aliphatic carbocycles. The van der Waals surface area contributed by atoms with Crippen LogP contribution in [-0.2, 0) is 23.0 Å². The summed E-state index contributed by atoms with van der Waals surface area (Å²) in [6.45, 7) is 6.51. The molecule has 6 heteroatoms. The molecule has 1 aliphatic rings. The molecule has 0 aromatic heterocycles. The Morgan fingerprint density at radius 1 is 0.935 bits per heavy atom. The molecule has 0 radical (unpaired) electrons. The number of anilines is 1. The number of nitrogens with zero attached hydrogens (tertiary/aromatic N) is 1. The van der Waals surface area contributed by atoms with Crippen molar-refractivity contribution in [1.29, 1.82) is 0 Å². The number of carbonyl (C=O) groups excluding carboxylic acids is 1. The highest BCUT2D eigenvalue weighted by Crippen LogP contribution is 2.30. The average molecular weight is 435 g/mol. The van der Waals surface area contributed by atoms with Crippen LogP contribution >= 0.6 is 0 Å². The largest absolute Gasteiger partial charge is 0.308 e. The highest BCUT2D eigenvalue weighted by Gasteiger charge is 2.26. The fourth-order valence-corrected chi connectivity index (χ4v) is 5.20. The van der Waals surface area contributed by atoms with Gasteiger partial charge in [-0.05, 0) is 68.1 Å². The van der Waals surface area contributed by atoms with Crippen LogP contribution in [0.4, 0.5) is 5.69 Å². The summed E-state index contributed by atoms with van der Waals surface area (Å²) in [6, 6.07) is 18.7. The lowest BCUT2D eigenvalue weighted by Crippen LogP contribution is -2.29. The molecule has 0 atom stereocenters. The lowest BCUT2D eigenvalue weighted by Gasteiger charge is -2.18. The van der Waals surface area contributed by atoms with Crippen molar-refractivity contribution in [1.82, 2.24) is 4.72 Å². The zero-order valence-corrected chi connectivity index (χ0v) is 18.8. The van der Waals surface area contributed by atoms with E-state index in [9.17, 15) is 13.2 Å². The first-order valence-corrected chi connectivity index (χ1v) is 11.8. The molecule has 4 rings (SSSR count). The second kappa shape index (κ2) is 8.29. The van der Waals surface area contributed by atoms with Crippen LogP contribution in [0.25, 0.3) is 0 Å². The van der Waals surface area contributed by atoms with E-state index in [1.807, 2.05) is 62.4 Å². The number of rotatable bonds is 5. The Labute approximate surface area is 183 Å². The summed E-state index contributed by atoms with van der Waals surface area (Å²) in [4.78, 5) is 15.1. The maximum atomic E-state index is 13.0. The molecule has 0 spiro atoms. The van der Waals surface area contributed by atoms with E-state index in [1.165, 1.54) is 0 Å². The van der Waals surface area contributed by atoms with Crippen LogP contribution < -0.4 is 9.62 Å². The summed E-state index contributed by atoms with van der Waals surface area (Å²) in [5.74, 6) is -0.0354. The van der Waals surface area contributed by atoms with Gasteiger partial charge in [0.15, 0.2) is 0 Å². The zero-order chi connectivity index (χ0) is 22.2. The predicted molar refractivity (Wildman–Crippen MR) is 123 cm³/mol. The number of sulfonamides is 1. The van der Waals surface area contributed by atoms with E-state index in [0.717, 1.165) is 39.9 Å². The summed E-state index contributed by atoms with van der Waals surface area (Å²) in [6.07, 6.45) is 0.793. The third kappa shape index (κ3) is 4.40. The van der Waals surface area contributed by atoms with Crippen LogP contribution in [0.15, 0.2) is 65.6 Å². The number of amides is 1. The minimum atomic E-state index is -3.63. The first-order valence-electron chi connectivity index (χ1n) is 10.3. The van der Waals surface area contributed by atoms with Gasteiger partial charge in [-0.2, -0.15) is 0 Å². The Morgan fingerprint density at radius 2 is 1.65 bits per heavy atom. The van der Waals surface area contributed by atoms with Crippen molar-refractivity contribution in [2.75, 3.05) is 11.4 Å². The van der Waals surface area contributed by atoms with Gasteiger partial charge >= 0.3 is 0 Å². The van der Waals surface area contributed by atoms with Crippen LogP contribution in [0.2, 0.25) is 0 Å². The van der Waals surface area contributed by atoms with Crippen molar-refractivity contribution in [3.05, 3.63) is 94.0 Å². The van der Waals surface area contributed by atoms with E-state index in [4.69, 9.17) is 0 Å². The van der Waals surface area contributed by atoms with Gasteiger partial charge in [0.25, 0.3) is 5.91 Å². The Balaban J connectivity index is 1.54. The van der Waals surface area contributed by atoms with E-state index in [1.54, 1.807) is 24.0 Å². The third-order valence-corrected chi connectivity index (χ3v) is 7.24. The van der Waals surface area contributed by atoms with Gasteiger partial charge in [0, 0.05) is 24.3 Å². The van der Waals surface area contributed by atoms with Crippen LogP contribution in [-0.4, -0.2) is 20.9 Å². The number of nitrogens with one attached hydrogen (secondary N) is 1. The third-order valence-electron chi connectivity index (χ3n) is 5.68. The molecule has 1 N–H and O–H groups in total. The van der Waals surface area contributed by atoms with Gasteiger partial charge in [0.2, 0.25) is 10.0 Å². The minimum Gasteiger partial charge on any atom is -0.308 e. The molecular weight excluding hydrogens is 408 g/mol. The molecule has 0 unspecified atom stereocenters. The monoisotopic (exact) mass is 434 g/mol. The Hall–Kier alpha value is -2.96. The lowest BCUT2D eigenvalue weighted by molar-refractivity contribution is 0.0989. The topological polar surface area (TPSA) is 66.5 Å². The van der Waals surface area contributed by atoms with Crippen molar-refractivity contribution in [2.24, 2.45) is 0 Å². The molecule has 0 saturated carbocycles. The second-order valence-corrected chi connectivity index (χ2v) is 9.86. The zero-order valence-electron chi connectivity index (χ0n) is 18.0. The molecule has 1 heterocycles. The maximum Gasteiger partial charge on any atom is 0.258 e. The lowest BCUT2D eigenvalue weighted by atomic mass is 10.1. The molecule has 0 bridgehead atoms. The van der Waals surface area contributed by atoms with Crippen LogP contribution in [0.1, 0.15) is 38.2 Å². The molecule has 3 aromatic rings. The number of aryl methyl sites for hydroxylation is 3. The highest BCUT2D eigenvalue weighted by molar-refractivity contribution is 7.89. The van der Waals surface area contributed by atoms with Gasteiger partial charge in [0.1, 0.15) is 0 Å². The van der Waals surface area contributed by atoms with Gasteiger partial charge in [-0.1, -0.05) is 47.5 Å². The van der Waals surface area contributed by atoms with E-state index in [-0.39, 0.29) is 17.3 Å². The van der Waals surface area contributed by atoms with Gasteiger partial charge in [-0.15, -0.1) is 0 Å². The quantitative estimate of drug-likeness (QED) is 0.651. The number of hydrogen-bond donors (Lipinski definition) is 1. The van der Waals surface area contributed by atoms with Crippen LogP contribution in [0, 0.1) is 20.8 Å². The number of fused-ring (bicyclic) bond motifs is 1. The smallest absolute Gasteiger partial charge is 0.258 e. The van der Waals surface area contributed by atoms with Crippen molar-refractivity contribution < 1.29 is 13.2 Å². The number of hydrogen-bond acceptors (Lipinski definition) is 3. The molecular formula is C25H26N2O3S. The Kier molecular flexibility index (Phi) is 5.69. The second-order valence-electron chi connectivity index (χ2n) is 8.13. The number of carbonyl (C=O) groups is 1. The summed E-state index contributed by atoms with van der Waals surface area (Å²) in [5.41, 5.74) is 6.27. The Bertz CT molecular complexity index is 1250. The van der Waals surface area contributed by atoms with E-state index in [0.29, 0.717) is 12.1 Å². The molecule has 5 nitrogen and oxygen atoms in total. The standard InChI is InChI=1S/C25H26N2O3S/c1-17-4-8-22(9-5-17)25(28)27-13-12-21-10-7-20(15-23(21)27)16-26-31(29,30)24-11-6-18(2)14-19(24)3/h4-11,14-15,26H,12-13,16H2,1-3H3. The molecule has 0 saturated heterocycles. The van der Waals surface area contributed by atoms with E-state index < -0.39 is 10.0 Å². The summed E-state index contributed by atoms with van der Waals surface area (Å²) in [5, 5.41) is 0. The summed E-state index contributed by atoms with van der Waals surface area (Å²) in [7, 11) is -3.63. The van der Waals surface area contributed by atoms with Gasteiger partial charge in [-0.3, -0.25) is 4.79 Å². The van der Waals surface area contributed by atoms with Crippen LogP contribution in [0.3, 0.4) is 0 Å². The normalized spacial score (nSPS) is 13.3. The van der Waals surface area contributed by atoms with E-state index >= 15 is 0 Å². The number of benzene rings is 3. The fourth-order valence-electron chi connectivity index (χ4n) is 3.95.